The van der Waals surface area contributed by atoms with Gasteiger partial charge < -0.3 is 14.8 Å². The zero-order valence-electron chi connectivity index (χ0n) is 11.4. The first kappa shape index (κ1) is 15.0. The number of carbonyl (C=O) groups excluding carboxylic acids is 2. The van der Waals surface area contributed by atoms with Crippen LogP contribution < -0.4 is 10.1 Å². The van der Waals surface area contributed by atoms with Crippen molar-refractivity contribution < 1.29 is 19.1 Å². The van der Waals surface area contributed by atoms with E-state index in [1.54, 1.807) is 12.1 Å². The Hall–Kier alpha value is -2.04. The third-order valence-corrected chi connectivity index (χ3v) is 2.55. The maximum absolute atomic E-state index is 11.7. The zero-order chi connectivity index (χ0) is 14.3. The summed E-state index contributed by atoms with van der Waals surface area (Å²) in [6, 6.07) is 8.36. The third kappa shape index (κ3) is 4.99. The Morgan fingerprint density at radius 1 is 1.21 bits per heavy atom. The summed E-state index contributed by atoms with van der Waals surface area (Å²) >= 11 is 0. The van der Waals surface area contributed by atoms with Gasteiger partial charge in [-0.05, 0) is 18.1 Å². The van der Waals surface area contributed by atoms with Crippen molar-refractivity contribution in [1.82, 2.24) is 5.32 Å². The van der Waals surface area contributed by atoms with Crippen molar-refractivity contribution in [1.29, 1.82) is 0 Å². The highest BCUT2D eigenvalue weighted by Gasteiger charge is 2.24. The molecule has 0 aliphatic heterocycles. The van der Waals surface area contributed by atoms with Crippen LogP contribution in [0, 0.1) is 5.92 Å². The lowest BCUT2D eigenvalue weighted by Crippen LogP contribution is -2.46. The predicted octanol–water partition coefficient (Wildman–Crippen LogP) is 1.38. The number of nitrogens with one attached hydrogen (secondary N) is 1. The Labute approximate surface area is 112 Å². The van der Waals surface area contributed by atoms with Crippen molar-refractivity contribution in [3.05, 3.63) is 30.3 Å². The molecular weight excluding hydrogens is 246 g/mol. The second-order valence-corrected chi connectivity index (χ2v) is 4.41. The molecule has 0 fully saturated rings. The van der Waals surface area contributed by atoms with E-state index in [9.17, 15) is 9.59 Å². The van der Waals surface area contributed by atoms with Gasteiger partial charge in [0, 0.05) is 0 Å². The standard InChI is InChI=1S/C14H19NO4/c1-10(2)13(14(17)18-3)15-12(16)9-19-11-7-5-4-6-8-11/h4-8,10,13H,9H2,1-3H3,(H,15,16)/t13-/m1/s1. The molecule has 0 aliphatic carbocycles. The second kappa shape index (κ2) is 7.41. The van der Waals surface area contributed by atoms with Crippen LogP contribution in [0.5, 0.6) is 5.75 Å². The number of hydrogen-bond donors (Lipinski definition) is 1. The molecule has 0 spiro atoms. The van der Waals surface area contributed by atoms with Gasteiger partial charge >= 0.3 is 5.97 Å². The fourth-order valence-electron chi connectivity index (χ4n) is 1.51. The van der Waals surface area contributed by atoms with Gasteiger partial charge in [-0.1, -0.05) is 32.0 Å². The highest BCUT2D eigenvalue weighted by molar-refractivity contribution is 5.85. The number of benzene rings is 1. The molecule has 5 heteroatoms. The molecule has 0 heterocycles. The first-order valence-corrected chi connectivity index (χ1v) is 6.09. The number of ether oxygens (including phenoxy) is 2. The molecule has 5 nitrogen and oxygen atoms in total. The molecule has 0 saturated carbocycles. The number of para-hydroxylation sites is 1. The number of hydrogen-bond acceptors (Lipinski definition) is 4. The van der Waals surface area contributed by atoms with Crippen LogP contribution in [0.1, 0.15) is 13.8 Å². The molecule has 0 aromatic heterocycles. The van der Waals surface area contributed by atoms with Crippen LogP contribution in [0.15, 0.2) is 30.3 Å². The minimum atomic E-state index is -0.656. The van der Waals surface area contributed by atoms with Crippen molar-refractivity contribution >= 4 is 11.9 Å². The van der Waals surface area contributed by atoms with Gasteiger partial charge in [0.25, 0.3) is 5.91 Å². The van der Waals surface area contributed by atoms with Gasteiger partial charge in [0.2, 0.25) is 0 Å². The molecule has 1 atom stereocenters. The van der Waals surface area contributed by atoms with E-state index in [0.29, 0.717) is 5.75 Å². The van der Waals surface area contributed by atoms with Gasteiger partial charge in [-0.15, -0.1) is 0 Å². The molecule has 0 saturated heterocycles. The Balaban J connectivity index is 2.47. The van der Waals surface area contributed by atoms with E-state index in [4.69, 9.17) is 4.74 Å². The molecular formula is C14H19NO4. The highest BCUT2D eigenvalue weighted by atomic mass is 16.5. The lowest BCUT2D eigenvalue weighted by Gasteiger charge is -2.19. The van der Waals surface area contributed by atoms with E-state index in [1.807, 2.05) is 32.0 Å². The van der Waals surface area contributed by atoms with E-state index in [2.05, 4.69) is 10.1 Å². The number of carbonyl (C=O) groups is 2. The van der Waals surface area contributed by atoms with Crippen molar-refractivity contribution in [2.45, 2.75) is 19.9 Å². The van der Waals surface area contributed by atoms with Crippen LogP contribution in [0.3, 0.4) is 0 Å². The molecule has 19 heavy (non-hydrogen) atoms. The van der Waals surface area contributed by atoms with Crippen LogP contribution in [-0.4, -0.2) is 31.6 Å². The molecule has 0 aliphatic rings. The maximum Gasteiger partial charge on any atom is 0.328 e. The fraction of sp³-hybridized carbons (Fsp3) is 0.429. The van der Waals surface area contributed by atoms with Gasteiger partial charge in [-0.2, -0.15) is 0 Å². The van der Waals surface area contributed by atoms with Crippen molar-refractivity contribution in [2.75, 3.05) is 13.7 Å². The largest absolute Gasteiger partial charge is 0.484 e. The summed E-state index contributed by atoms with van der Waals surface area (Å²) in [4.78, 5) is 23.2. The van der Waals surface area contributed by atoms with Gasteiger partial charge in [0.15, 0.2) is 6.61 Å². The van der Waals surface area contributed by atoms with Crippen molar-refractivity contribution in [3.63, 3.8) is 0 Å². The number of methoxy groups -OCH3 is 1. The van der Waals surface area contributed by atoms with Crippen LogP contribution in [0.4, 0.5) is 0 Å². The molecule has 104 valence electrons. The monoisotopic (exact) mass is 265 g/mol. The van der Waals surface area contributed by atoms with E-state index in [1.165, 1.54) is 7.11 Å². The quantitative estimate of drug-likeness (QED) is 0.789. The Morgan fingerprint density at radius 3 is 2.37 bits per heavy atom. The molecule has 1 rings (SSSR count). The molecule has 0 bridgehead atoms. The Morgan fingerprint density at radius 2 is 1.84 bits per heavy atom. The summed E-state index contributed by atoms with van der Waals surface area (Å²) in [5, 5.41) is 2.60. The molecule has 1 aromatic rings. The van der Waals surface area contributed by atoms with Gasteiger partial charge in [-0.25, -0.2) is 4.79 Å². The first-order chi connectivity index (χ1) is 9.04. The number of esters is 1. The number of rotatable bonds is 6. The van der Waals surface area contributed by atoms with Crippen molar-refractivity contribution in [3.8, 4) is 5.75 Å². The summed E-state index contributed by atoms with van der Waals surface area (Å²) in [6.45, 7) is 3.53. The minimum absolute atomic E-state index is 0.0480. The summed E-state index contributed by atoms with van der Waals surface area (Å²) < 4.78 is 9.94. The summed E-state index contributed by atoms with van der Waals surface area (Å²) in [6.07, 6.45) is 0. The average Bonchev–Trinajstić information content (AvgIpc) is 2.42. The second-order valence-electron chi connectivity index (χ2n) is 4.41. The van der Waals surface area contributed by atoms with E-state index < -0.39 is 12.0 Å². The normalized spacial score (nSPS) is 11.8. The topological polar surface area (TPSA) is 64.6 Å². The van der Waals surface area contributed by atoms with E-state index >= 15 is 0 Å². The smallest absolute Gasteiger partial charge is 0.328 e. The molecule has 1 N–H and O–H groups in total. The molecule has 0 radical (unpaired) electrons. The Kier molecular flexibility index (Phi) is 5.85. The maximum atomic E-state index is 11.7. The van der Waals surface area contributed by atoms with Crippen molar-refractivity contribution in [2.24, 2.45) is 5.92 Å². The summed E-state index contributed by atoms with van der Waals surface area (Å²) in [5.74, 6) is -0.249. The van der Waals surface area contributed by atoms with E-state index in [0.717, 1.165) is 0 Å². The van der Waals surface area contributed by atoms with Crippen LogP contribution >= 0.6 is 0 Å². The predicted molar refractivity (Wildman–Crippen MR) is 70.7 cm³/mol. The van der Waals surface area contributed by atoms with Crippen LogP contribution in [-0.2, 0) is 14.3 Å². The minimum Gasteiger partial charge on any atom is -0.484 e. The zero-order valence-corrected chi connectivity index (χ0v) is 11.4. The SMILES string of the molecule is COC(=O)[C@H](NC(=O)COc1ccccc1)C(C)C. The average molecular weight is 265 g/mol. The van der Waals surface area contributed by atoms with Crippen LogP contribution in [0.2, 0.25) is 0 Å². The lowest BCUT2D eigenvalue weighted by molar-refractivity contribution is -0.146. The first-order valence-electron chi connectivity index (χ1n) is 6.09. The molecule has 0 unspecified atom stereocenters. The van der Waals surface area contributed by atoms with Crippen LogP contribution in [0.25, 0.3) is 0 Å². The molecule has 1 amide bonds. The van der Waals surface area contributed by atoms with Gasteiger partial charge in [0.05, 0.1) is 7.11 Å². The number of amides is 1. The molecule has 1 aromatic carbocycles. The summed E-state index contributed by atoms with van der Waals surface area (Å²) in [7, 11) is 1.30. The fourth-order valence-corrected chi connectivity index (χ4v) is 1.51. The summed E-state index contributed by atoms with van der Waals surface area (Å²) in [5.41, 5.74) is 0. The lowest BCUT2D eigenvalue weighted by atomic mass is 10.0. The van der Waals surface area contributed by atoms with Gasteiger partial charge in [0.1, 0.15) is 11.8 Å². The Bertz CT molecular complexity index is 417. The van der Waals surface area contributed by atoms with E-state index in [-0.39, 0.29) is 18.4 Å². The van der Waals surface area contributed by atoms with Gasteiger partial charge in [-0.3, -0.25) is 4.79 Å². The third-order valence-electron chi connectivity index (χ3n) is 2.55. The highest BCUT2D eigenvalue weighted by Crippen LogP contribution is 2.08.